The minimum absolute atomic E-state index is 0.0103. The zero-order chi connectivity index (χ0) is 12.3. The molecule has 1 aliphatic heterocycles. The van der Waals surface area contributed by atoms with Crippen molar-refractivity contribution in [3.63, 3.8) is 0 Å². The summed E-state index contributed by atoms with van der Waals surface area (Å²) in [7, 11) is 1.47. The van der Waals surface area contributed by atoms with Gasteiger partial charge in [0.1, 0.15) is 0 Å². The van der Waals surface area contributed by atoms with Gasteiger partial charge in [0.05, 0.1) is 13.7 Å². The van der Waals surface area contributed by atoms with Crippen molar-refractivity contribution >= 4 is 0 Å². The standard InChI is InChI=1S/C13H18FNO2/c1-13(5-6-17-9-13)15-8-10-3-4-12(16-2)11(14)7-10/h3-4,7,15H,5-6,8-9H2,1-2H3. The van der Waals surface area contributed by atoms with Crippen LogP contribution < -0.4 is 10.1 Å². The Morgan fingerprint density at radius 1 is 1.53 bits per heavy atom. The summed E-state index contributed by atoms with van der Waals surface area (Å²) in [6, 6.07) is 5.03. The summed E-state index contributed by atoms with van der Waals surface area (Å²) in [5.41, 5.74) is 0.924. The molecular formula is C13H18FNO2. The third kappa shape index (κ3) is 2.96. The zero-order valence-corrected chi connectivity index (χ0v) is 10.3. The van der Waals surface area contributed by atoms with E-state index >= 15 is 0 Å². The lowest BCUT2D eigenvalue weighted by Crippen LogP contribution is -2.42. The SMILES string of the molecule is COc1ccc(CNC2(C)CCOC2)cc1F. The monoisotopic (exact) mass is 239 g/mol. The van der Waals surface area contributed by atoms with Crippen LogP contribution >= 0.6 is 0 Å². The van der Waals surface area contributed by atoms with Gasteiger partial charge in [-0.1, -0.05) is 6.07 Å². The summed E-state index contributed by atoms with van der Waals surface area (Å²) < 4.78 is 23.7. The zero-order valence-electron chi connectivity index (χ0n) is 10.3. The molecule has 1 unspecified atom stereocenters. The lowest BCUT2D eigenvalue weighted by molar-refractivity contribution is 0.171. The van der Waals surface area contributed by atoms with Crippen molar-refractivity contribution < 1.29 is 13.9 Å². The van der Waals surface area contributed by atoms with Crippen molar-refractivity contribution in [3.05, 3.63) is 29.6 Å². The molecule has 0 radical (unpaired) electrons. The highest BCUT2D eigenvalue weighted by atomic mass is 19.1. The Labute approximate surface area is 101 Å². The van der Waals surface area contributed by atoms with Crippen LogP contribution in [0.1, 0.15) is 18.9 Å². The van der Waals surface area contributed by atoms with Gasteiger partial charge in [-0.2, -0.15) is 0 Å². The molecule has 0 aliphatic carbocycles. The van der Waals surface area contributed by atoms with E-state index in [1.54, 1.807) is 6.07 Å². The topological polar surface area (TPSA) is 30.5 Å². The van der Waals surface area contributed by atoms with Crippen LogP contribution in [0.4, 0.5) is 4.39 Å². The summed E-state index contributed by atoms with van der Waals surface area (Å²) in [4.78, 5) is 0. The number of hydrogen-bond acceptors (Lipinski definition) is 3. The van der Waals surface area contributed by atoms with E-state index in [9.17, 15) is 4.39 Å². The molecular weight excluding hydrogens is 221 g/mol. The van der Waals surface area contributed by atoms with Crippen LogP contribution in [-0.4, -0.2) is 25.9 Å². The van der Waals surface area contributed by atoms with Crippen LogP contribution in [0.5, 0.6) is 5.75 Å². The molecule has 1 fully saturated rings. The second-order valence-corrected chi connectivity index (χ2v) is 4.69. The van der Waals surface area contributed by atoms with Crippen LogP contribution in [0.25, 0.3) is 0 Å². The van der Waals surface area contributed by atoms with Gasteiger partial charge in [-0.3, -0.25) is 0 Å². The molecule has 0 spiro atoms. The summed E-state index contributed by atoms with van der Waals surface area (Å²) >= 11 is 0. The number of ether oxygens (including phenoxy) is 2. The van der Waals surface area contributed by atoms with Crippen LogP contribution in [0, 0.1) is 5.82 Å². The third-order valence-electron chi connectivity index (χ3n) is 3.15. The predicted molar refractivity (Wildman–Crippen MR) is 63.6 cm³/mol. The number of nitrogens with one attached hydrogen (secondary N) is 1. The average Bonchev–Trinajstić information content (AvgIpc) is 2.74. The fourth-order valence-electron chi connectivity index (χ4n) is 1.94. The van der Waals surface area contributed by atoms with Gasteiger partial charge in [0.25, 0.3) is 0 Å². The minimum Gasteiger partial charge on any atom is -0.494 e. The fraction of sp³-hybridized carbons (Fsp3) is 0.538. The first-order chi connectivity index (χ1) is 8.13. The van der Waals surface area contributed by atoms with E-state index in [1.165, 1.54) is 13.2 Å². The molecule has 1 heterocycles. The fourth-order valence-corrected chi connectivity index (χ4v) is 1.94. The lowest BCUT2D eigenvalue weighted by Gasteiger charge is -2.23. The van der Waals surface area contributed by atoms with Crippen molar-refractivity contribution in [1.82, 2.24) is 5.32 Å². The third-order valence-corrected chi connectivity index (χ3v) is 3.15. The van der Waals surface area contributed by atoms with Gasteiger partial charge >= 0.3 is 0 Å². The van der Waals surface area contributed by atoms with E-state index in [4.69, 9.17) is 9.47 Å². The number of halogens is 1. The maximum atomic E-state index is 13.5. The lowest BCUT2D eigenvalue weighted by atomic mass is 10.0. The Balaban J connectivity index is 1.97. The maximum Gasteiger partial charge on any atom is 0.165 e. The van der Waals surface area contributed by atoms with E-state index in [0.717, 1.165) is 18.6 Å². The van der Waals surface area contributed by atoms with Crippen LogP contribution in [0.2, 0.25) is 0 Å². The van der Waals surface area contributed by atoms with Gasteiger partial charge in [-0.25, -0.2) is 4.39 Å². The first-order valence-corrected chi connectivity index (χ1v) is 5.78. The Kier molecular flexibility index (Phi) is 3.64. The van der Waals surface area contributed by atoms with E-state index in [1.807, 2.05) is 6.07 Å². The highest BCUT2D eigenvalue weighted by Crippen LogP contribution is 2.20. The molecule has 1 aromatic carbocycles. The molecule has 1 N–H and O–H groups in total. The molecule has 1 aliphatic rings. The second-order valence-electron chi connectivity index (χ2n) is 4.69. The highest BCUT2D eigenvalue weighted by molar-refractivity contribution is 5.29. The molecule has 3 nitrogen and oxygen atoms in total. The van der Waals surface area contributed by atoms with Gasteiger partial charge in [-0.15, -0.1) is 0 Å². The molecule has 1 aromatic rings. The Morgan fingerprint density at radius 2 is 2.35 bits per heavy atom. The number of benzene rings is 1. The average molecular weight is 239 g/mol. The molecule has 2 rings (SSSR count). The largest absolute Gasteiger partial charge is 0.494 e. The van der Waals surface area contributed by atoms with E-state index < -0.39 is 0 Å². The normalized spacial score (nSPS) is 23.9. The summed E-state index contributed by atoms with van der Waals surface area (Å²) in [6.07, 6.45) is 0.992. The van der Waals surface area contributed by atoms with Gasteiger partial charge in [0.15, 0.2) is 11.6 Å². The van der Waals surface area contributed by atoms with Crippen molar-refractivity contribution in [2.45, 2.75) is 25.4 Å². The van der Waals surface area contributed by atoms with Crippen molar-refractivity contribution in [1.29, 1.82) is 0 Å². The molecule has 0 aromatic heterocycles. The molecule has 4 heteroatoms. The summed E-state index contributed by atoms with van der Waals surface area (Å²) in [6.45, 7) is 4.27. The second kappa shape index (κ2) is 5.02. The maximum absolute atomic E-state index is 13.5. The molecule has 94 valence electrons. The van der Waals surface area contributed by atoms with Crippen molar-refractivity contribution in [2.24, 2.45) is 0 Å². The predicted octanol–water partition coefficient (Wildman–Crippen LogP) is 2.10. The van der Waals surface area contributed by atoms with Gasteiger partial charge in [-0.05, 0) is 31.0 Å². The molecule has 1 saturated heterocycles. The summed E-state index contributed by atoms with van der Waals surface area (Å²) in [5.74, 6) is -0.0382. The van der Waals surface area contributed by atoms with Crippen LogP contribution in [-0.2, 0) is 11.3 Å². The molecule has 1 atom stereocenters. The van der Waals surface area contributed by atoms with E-state index in [-0.39, 0.29) is 17.1 Å². The first-order valence-electron chi connectivity index (χ1n) is 5.78. The van der Waals surface area contributed by atoms with E-state index in [0.29, 0.717) is 13.2 Å². The molecule has 0 bridgehead atoms. The van der Waals surface area contributed by atoms with Crippen molar-refractivity contribution in [2.75, 3.05) is 20.3 Å². The van der Waals surface area contributed by atoms with Gasteiger partial charge in [0.2, 0.25) is 0 Å². The van der Waals surface area contributed by atoms with E-state index in [2.05, 4.69) is 12.2 Å². The van der Waals surface area contributed by atoms with Gasteiger partial charge in [0, 0.05) is 18.7 Å². The molecule has 0 saturated carbocycles. The highest BCUT2D eigenvalue weighted by Gasteiger charge is 2.28. The molecule has 17 heavy (non-hydrogen) atoms. The van der Waals surface area contributed by atoms with Gasteiger partial charge < -0.3 is 14.8 Å². The number of rotatable bonds is 4. The summed E-state index contributed by atoms with van der Waals surface area (Å²) in [5, 5.41) is 3.41. The Bertz CT molecular complexity index is 389. The van der Waals surface area contributed by atoms with Crippen LogP contribution in [0.15, 0.2) is 18.2 Å². The number of hydrogen-bond donors (Lipinski definition) is 1. The van der Waals surface area contributed by atoms with Crippen LogP contribution in [0.3, 0.4) is 0 Å². The number of methoxy groups -OCH3 is 1. The quantitative estimate of drug-likeness (QED) is 0.873. The minimum atomic E-state index is -0.320. The smallest absolute Gasteiger partial charge is 0.165 e. The first kappa shape index (κ1) is 12.3. The Hall–Kier alpha value is -1.13. The molecule has 0 amide bonds. The Morgan fingerprint density at radius 3 is 2.94 bits per heavy atom. The van der Waals surface area contributed by atoms with Crippen molar-refractivity contribution in [3.8, 4) is 5.75 Å².